The molecule has 1 aromatic rings. The summed E-state index contributed by atoms with van der Waals surface area (Å²) in [6.45, 7) is 1.87. The molecule has 0 saturated heterocycles. The molecule has 2 rings (SSSR count). The number of carbonyl (C=O) groups excluding carboxylic acids is 2. The van der Waals surface area contributed by atoms with Gasteiger partial charge >= 0.3 is 0 Å². The molecule has 0 amide bonds. The van der Waals surface area contributed by atoms with Crippen LogP contribution in [0.2, 0.25) is 0 Å². The van der Waals surface area contributed by atoms with E-state index in [0.717, 1.165) is 24.2 Å². The molecule has 1 fully saturated rings. The van der Waals surface area contributed by atoms with Gasteiger partial charge in [0.1, 0.15) is 12.0 Å². The van der Waals surface area contributed by atoms with Crippen LogP contribution in [0.15, 0.2) is 18.2 Å². The van der Waals surface area contributed by atoms with Gasteiger partial charge in [-0.1, -0.05) is 0 Å². The Balaban J connectivity index is 2.10. The number of ketones is 1. The summed E-state index contributed by atoms with van der Waals surface area (Å²) in [6, 6.07) is 5.43. The molecule has 3 heteroatoms. The normalized spacial score (nSPS) is 15.1. The van der Waals surface area contributed by atoms with Crippen molar-refractivity contribution in [2.24, 2.45) is 0 Å². The van der Waals surface area contributed by atoms with Crippen LogP contribution in [0.1, 0.15) is 41.6 Å². The number of aryl methyl sites for hydroxylation is 1. The number of Topliss-reactive ketones (excluding diaryl/α,β-unsaturated/α-hetero) is 1. The Bertz CT molecular complexity index is 433. The van der Waals surface area contributed by atoms with Crippen LogP contribution in [-0.2, 0) is 4.79 Å². The van der Waals surface area contributed by atoms with Crippen LogP contribution in [0.5, 0.6) is 5.75 Å². The summed E-state index contributed by atoms with van der Waals surface area (Å²) in [7, 11) is 0. The average Bonchev–Trinajstić information content (AvgIpc) is 2.24. The van der Waals surface area contributed by atoms with Crippen molar-refractivity contribution in [3.05, 3.63) is 29.3 Å². The second-order valence-corrected chi connectivity index (χ2v) is 4.44. The van der Waals surface area contributed by atoms with Gasteiger partial charge in [-0.15, -0.1) is 0 Å². The quantitative estimate of drug-likeness (QED) is 0.445. The van der Waals surface area contributed by atoms with Gasteiger partial charge in [-0.3, -0.25) is 4.79 Å². The molecule has 1 aromatic carbocycles. The zero-order valence-corrected chi connectivity index (χ0v) is 9.94. The number of ether oxygens (including phenoxy) is 1. The van der Waals surface area contributed by atoms with Gasteiger partial charge in [-0.2, -0.15) is 0 Å². The van der Waals surface area contributed by atoms with E-state index in [1.165, 1.54) is 6.42 Å². The zero-order valence-electron chi connectivity index (χ0n) is 9.94. The number of carbonyl (C=O) groups is 2. The Morgan fingerprint density at radius 1 is 1.47 bits per heavy atom. The van der Waals surface area contributed by atoms with Crippen LogP contribution in [0, 0.1) is 6.92 Å². The molecule has 90 valence electrons. The smallest absolute Gasteiger partial charge is 0.170 e. The van der Waals surface area contributed by atoms with Crippen LogP contribution in [0.25, 0.3) is 0 Å². The summed E-state index contributed by atoms with van der Waals surface area (Å²) in [5.41, 5.74) is 1.48. The van der Waals surface area contributed by atoms with Gasteiger partial charge < -0.3 is 9.53 Å². The van der Waals surface area contributed by atoms with Crippen LogP contribution >= 0.6 is 0 Å². The molecule has 0 spiro atoms. The Hall–Kier alpha value is -1.64. The van der Waals surface area contributed by atoms with Gasteiger partial charge in [-0.25, -0.2) is 0 Å². The number of hydrogen-bond acceptors (Lipinski definition) is 3. The van der Waals surface area contributed by atoms with E-state index in [1.54, 1.807) is 6.07 Å². The molecular formula is C14H16O3. The first kappa shape index (κ1) is 11.8. The van der Waals surface area contributed by atoms with E-state index >= 15 is 0 Å². The second-order valence-electron chi connectivity index (χ2n) is 4.44. The maximum Gasteiger partial charge on any atom is 0.170 e. The van der Waals surface area contributed by atoms with Crippen molar-refractivity contribution < 1.29 is 14.3 Å². The summed E-state index contributed by atoms with van der Waals surface area (Å²) < 4.78 is 5.74. The summed E-state index contributed by atoms with van der Waals surface area (Å²) in [5, 5.41) is 0. The fraction of sp³-hybridized carbons (Fsp3) is 0.429. The maximum atomic E-state index is 11.6. The molecule has 0 atom stereocenters. The highest BCUT2D eigenvalue weighted by Gasteiger charge is 2.19. The van der Waals surface area contributed by atoms with Crippen LogP contribution in [0.4, 0.5) is 0 Å². The second kappa shape index (κ2) is 5.13. The van der Waals surface area contributed by atoms with E-state index in [9.17, 15) is 9.59 Å². The SMILES string of the molecule is Cc1cc(OC2CCC2)ccc1C(=O)CC=O. The molecule has 0 radical (unpaired) electrons. The Morgan fingerprint density at radius 2 is 2.24 bits per heavy atom. The maximum absolute atomic E-state index is 11.6. The van der Waals surface area contributed by atoms with E-state index in [-0.39, 0.29) is 12.2 Å². The van der Waals surface area contributed by atoms with Gasteiger partial charge in [0.05, 0.1) is 12.5 Å². The molecule has 17 heavy (non-hydrogen) atoms. The Labute approximate surface area is 101 Å². The molecule has 1 aliphatic rings. The Morgan fingerprint density at radius 3 is 2.76 bits per heavy atom. The van der Waals surface area contributed by atoms with E-state index in [0.29, 0.717) is 18.0 Å². The molecule has 0 bridgehead atoms. The highest BCUT2D eigenvalue weighted by Crippen LogP contribution is 2.26. The lowest BCUT2D eigenvalue weighted by atomic mass is 9.96. The van der Waals surface area contributed by atoms with Crippen molar-refractivity contribution in [1.29, 1.82) is 0 Å². The van der Waals surface area contributed by atoms with Crippen molar-refractivity contribution in [3.63, 3.8) is 0 Å². The summed E-state index contributed by atoms with van der Waals surface area (Å²) >= 11 is 0. The third-order valence-electron chi connectivity index (χ3n) is 3.12. The van der Waals surface area contributed by atoms with Crippen molar-refractivity contribution in [1.82, 2.24) is 0 Å². The molecule has 1 saturated carbocycles. The van der Waals surface area contributed by atoms with Gasteiger partial charge in [0.15, 0.2) is 5.78 Å². The average molecular weight is 232 g/mol. The fourth-order valence-electron chi connectivity index (χ4n) is 1.89. The van der Waals surface area contributed by atoms with Gasteiger partial charge in [-0.05, 0) is 49.9 Å². The highest BCUT2D eigenvalue weighted by molar-refractivity contribution is 6.03. The molecular weight excluding hydrogens is 216 g/mol. The molecule has 3 nitrogen and oxygen atoms in total. The van der Waals surface area contributed by atoms with Gasteiger partial charge in [0, 0.05) is 5.56 Å². The third-order valence-corrected chi connectivity index (χ3v) is 3.12. The molecule has 0 unspecified atom stereocenters. The molecule has 0 heterocycles. The van der Waals surface area contributed by atoms with Crippen molar-refractivity contribution >= 4 is 12.1 Å². The fourth-order valence-corrected chi connectivity index (χ4v) is 1.89. The predicted octanol–water partition coefficient (Wildman–Crippen LogP) is 2.70. The number of hydrogen-bond donors (Lipinski definition) is 0. The topological polar surface area (TPSA) is 43.4 Å². The molecule has 1 aliphatic carbocycles. The summed E-state index contributed by atoms with van der Waals surface area (Å²) in [4.78, 5) is 21.9. The number of rotatable bonds is 5. The first-order valence-corrected chi connectivity index (χ1v) is 5.95. The standard InChI is InChI=1S/C14H16O3/c1-10-9-12(17-11-3-2-4-11)5-6-13(10)14(16)7-8-15/h5-6,8-9,11H,2-4,7H2,1H3. The zero-order chi connectivity index (χ0) is 12.3. The first-order valence-electron chi connectivity index (χ1n) is 5.95. The van der Waals surface area contributed by atoms with Crippen molar-refractivity contribution in [3.8, 4) is 5.75 Å². The largest absolute Gasteiger partial charge is 0.490 e. The lowest BCUT2D eigenvalue weighted by molar-refractivity contribution is -0.107. The minimum absolute atomic E-state index is 0.0519. The van der Waals surface area contributed by atoms with Crippen LogP contribution in [-0.4, -0.2) is 18.2 Å². The van der Waals surface area contributed by atoms with E-state index in [4.69, 9.17) is 4.74 Å². The van der Waals surface area contributed by atoms with E-state index < -0.39 is 0 Å². The lowest BCUT2D eigenvalue weighted by Gasteiger charge is -2.26. The lowest BCUT2D eigenvalue weighted by Crippen LogP contribution is -2.24. The summed E-state index contributed by atoms with van der Waals surface area (Å²) in [5.74, 6) is 0.683. The molecule has 0 aliphatic heterocycles. The van der Waals surface area contributed by atoms with E-state index in [1.807, 2.05) is 19.1 Å². The van der Waals surface area contributed by atoms with Crippen molar-refractivity contribution in [2.45, 2.75) is 38.7 Å². The van der Waals surface area contributed by atoms with Crippen molar-refractivity contribution in [2.75, 3.05) is 0 Å². The minimum Gasteiger partial charge on any atom is -0.490 e. The number of aldehydes is 1. The molecule has 0 aromatic heterocycles. The van der Waals surface area contributed by atoms with Crippen LogP contribution in [0.3, 0.4) is 0 Å². The third kappa shape index (κ3) is 2.73. The minimum atomic E-state index is -0.132. The highest BCUT2D eigenvalue weighted by atomic mass is 16.5. The van der Waals surface area contributed by atoms with Gasteiger partial charge in [0.2, 0.25) is 0 Å². The monoisotopic (exact) mass is 232 g/mol. The molecule has 0 N–H and O–H groups in total. The number of benzene rings is 1. The van der Waals surface area contributed by atoms with Gasteiger partial charge in [0.25, 0.3) is 0 Å². The predicted molar refractivity (Wildman–Crippen MR) is 64.5 cm³/mol. The Kier molecular flexibility index (Phi) is 3.57. The van der Waals surface area contributed by atoms with Crippen LogP contribution < -0.4 is 4.74 Å². The summed E-state index contributed by atoms with van der Waals surface area (Å²) in [6.07, 6.45) is 4.39. The van der Waals surface area contributed by atoms with E-state index in [2.05, 4.69) is 0 Å². The first-order chi connectivity index (χ1) is 8.20.